The molecular weight excluding hydrogens is 1080 g/mol. The van der Waals surface area contributed by atoms with Gasteiger partial charge in [-0.25, -0.2) is 4.57 Å². The van der Waals surface area contributed by atoms with E-state index in [0.717, 1.165) is 103 Å². The van der Waals surface area contributed by atoms with Gasteiger partial charge in [-0.05, 0) is 115 Å². The highest BCUT2D eigenvalue weighted by atomic mass is 31.2. The topological polar surface area (TPSA) is 111 Å². The number of quaternary nitrogens is 1. The van der Waals surface area contributed by atoms with Gasteiger partial charge in [0.05, 0.1) is 33.8 Å². The lowest BCUT2D eigenvalue weighted by Gasteiger charge is -2.27. The van der Waals surface area contributed by atoms with Crippen molar-refractivity contribution in [1.82, 2.24) is 5.32 Å². The molecule has 0 aromatic carbocycles. The van der Waals surface area contributed by atoms with Gasteiger partial charge < -0.3 is 19.4 Å². The van der Waals surface area contributed by atoms with Crippen molar-refractivity contribution in [2.75, 3.05) is 40.9 Å². The number of nitrogens with zero attached hydrogens (tertiary/aromatic N) is 1. The van der Waals surface area contributed by atoms with Crippen LogP contribution in [0, 0.1) is 0 Å². The summed E-state index contributed by atoms with van der Waals surface area (Å²) in [5, 5.41) is 3.07. The van der Waals surface area contributed by atoms with E-state index in [1.165, 1.54) is 186 Å². The number of rotatable bonds is 65. The summed E-state index contributed by atoms with van der Waals surface area (Å²) in [5.74, 6) is -0.512. The molecule has 0 aliphatic rings. The van der Waals surface area contributed by atoms with Gasteiger partial charge in [0.25, 0.3) is 0 Å². The molecule has 0 heterocycles. The third-order valence-corrected chi connectivity index (χ3v) is 16.7. The number of phosphoric ester groups is 1. The van der Waals surface area contributed by atoms with E-state index in [0.29, 0.717) is 17.4 Å². The van der Waals surface area contributed by atoms with Crippen LogP contribution in [0.4, 0.5) is 0 Å². The molecule has 0 aliphatic heterocycles. The van der Waals surface area contributed by atoms with E-state index in [4.69, 9.17) is 13.8 Å². The number of hydrogen-bond acceptors (Lipinski definition) is 6. The Labute approximate surface area is 532 Å². The predicted molar refractivity (Wildman–Crippen MR) is 374 cm³/mol. The van der Waals surface area contributed by atoms with Crippen molar-refractivity contribution in [2.24, 2.45) is 0 Å². The zero-order valence-electron chi connectivity index (χ0n) is 57.0. The zero-order chi connectivity index (χ0) is 62.8. The van der Waals surface area contributed by atoms with E-state index in [1.807, 2.05) is 33.3 Å². The molecule has 0 aliphatic carbocycles. The minimum absolute atomic E-state index is 0.0349. The Morgan fingerprint density at radius 2 is 0.709 bits per heavy atom. The number of carbonyl (C=O) groups is 2. The zero-order valence-corrected chi connectivity index (χ0v) is 57.9. The van der Waals surface area contributed by atoms with Crippen LogP contribution in [-0.4, -0.2) is 74.3 Å². The van der Waals surface area contributed by atoms with E-state index in [9.17, 15) is 19.0 Å². The first-order valence-electron chi connectivity index (χ1n) is 36.1. The molecule has 2 N–H and O–H groups in total. The molecular formula is C76H138N2O7P+. The van der Waals surface area contributed by atoms with E-state index >= 15 is 0 Å². The number of ether oxygens (including phenoxy) is 1. The molecule has 1 amide bonds. The first kappa shape index (κ1) is 82.9. The Hall–Kier alpha value is -3.07. The summed E-state index contributed by atoms with van der Waals surface area (Å²) in [6.07, 6.45) is 88.4. The first-order valence-corrected chi connectivity index (χ1v) is 37.6. The molecule has 0 spiro atoms. The standard InChI is InChI=1S/C76H137N2O7P/c1-7-10-13-16-19-22-25-28-30-32-34-36-38-39-41-43-45-47-49-51-54-57-60-63-66-69-76(80)85-74(67-64-61-58-55-52-27-24-21-18-15-12-9-3)73(72-84-86(81,82)83-71-70-78(4,5)6)77-75(79)68-65-62-59-56-53-50-48-46-44-42-40-37-35-33-31-29-26-23-20-17-14-11-8-2/h19-20,22-23,28-31,34-37,39,41,64,67,73-74H,7-18,21,24-27,32-33,38,40,42-63,65-66,68-72H2,1-6H3,(H-,77,79,81,82)/p+1/b22-19-,23-20-,30-28-,31-29-,36-34-,37-35-,41-39-,67-64+. The molecule has 0 radical (unpaired) electrons. The van der Waals surface area contributed by atoms with Crippen LogP contribution in [0.15, 0.2) is 97.2 Å². The molecule has 10 heteroatoms. The fourth-order valence-electron chi connectivity index (χ4n) is 10.2. The van der Waals surface area contributed by atoms with Crippen LogP contribution in [0.5, 0.6) is 0 Å². The number of phosphoric acid groups is 1. The number of hydrogen-bond donors (Lipinski definition) is 2. The van der Waals surface area contributed by atoms with Gasteiger partial charge in [0, 0.05) is 12.8 Å². The van der Waals surface area contributed by atoms with Crippen LogP contribution in [0.1, 0.15) is 323 Å². The summed E-state index contributed by atoms with van der Waals surface area (Å²) >= 11 is 0. The normalized spacial score (nSPS) is 14.1. The van der Waals surface area contributed by atoms with E-state index in [1.54, 1.807) is 0 Å². The number of nitrogens with one attached hydrogen (secondary N) is 1. The highest BCUT2D eigenvalue weighted by molar-refractivity contribution is 7.47. The average Bonchev–Trinajstić information content (AvgIpc) is 3.65. The minimum atomic E-state index is -4.46. The number of unbranched alkanes of at least 4 members (excludes halogenated alkanes) is 35. The Balaban J connectivity index is 5.09. The summed E-state index contributed by atoms with van der Waals surface area (Å²) in [5.41, 5.74) is 0. The Morgan fingerprint density at radius 3 is 1.08 bits per heavy atom. The van der Waals surface area contributed by atoms with Gasteiger partial charge >= 0.3 is 13.8 Å². The van der Waals surface area contributed by atoms with Crippen molar-refractivity contribution in [3.63, 3.8) is 0 Å². The highest BCUT2D eigenvalue weighted by Crippen LogP contribution is 2.43. The van der Waals surface area contributed by atoms with E-state index in [2.05, 4.69) is 111 Å². The number of likely N-dealkylation sites (N-methyl/N-ethyl adjacent to an activating group) is 1. The fraction of sp³-hybridized carbons (Fsp3) is 0.763. The van der Waals surface area contributed by atoms with Crippen molar-refractivity contribution in [3.05, 3.63) is 97.2 Å². The van der Waals surface area contributed by atoms with Crippen LogP contribution >= 0.6 is 7.82 Å². The molecule has 0 aromatic heterocycles. The van der Waals surface area contributed by atoms with Gasteiger partial charge in [0.1, 0.15) is 19.3 Å². The molecule has 86 heavy (non-hydrogen) atoms. The predicted octanol–water partition coefficient (Wildman–Crippen LogP) is 23.1. The second kappa shape index (κ2) is 64.9. The van der Waals surface area contributed by atoms with E-state index < -0.39 is 20.0 Å². The molecule has 3 unspecified atom stereocenters. The molecule has 0 saturated carbocycles. The van der Waals surface area contributed by atoms with Gasteiger partial charge in [-0.1, -0.05) is 292 Å². The van der Waals surface area contributed by atoms with Crippen LogP contribution in [0.25, 0.3) is 0 Å². The van der Waals surface area contributed by atoms with Gasteiger partial charge in [0.2, 0.25) is 5.91 Å². The van der Waals surface area contributed by atoms with Crippen LogP contribution in [0.2, 0.25) is 0 Å². The minimum Gasteiger partial charge on any atom is -0.456 e. The van der Waals surface area contributed by atoms with Crippen molar-refractivity contribution in [3.8, 4) is 0 Å². The molecule has 9 nitrogen and oxygen atoms in total. The number of esters is 1. The Morgan fingerprint density at radius 1 is 0.407 bits per heavy atom. The summed E-state index contributed by atoms with van der Waals surface area (Å²) in [7, 11) is 1.49. The lowest BCUT2D eigenvalue weighted by molar-refractivity contribution is -0.870. The maximum absolute atomic E-state index is 13.6. The third kappa shape index (κ3) is 65.4. The summed E-state index contributed by atoms with van der Waals surface area (Å²) < 4.78 is 30.8. The third-order valence-electron chi connectivity index (χ3n) is 15.7. The monoisotopic (exact) mass is 1220 g/mol. The lowest BCUT2D eigenvalue weighted by Crippen LogP contribution is -2.47. The van der Waals surface area contributed by atoms with Gasteiger partial charge in [-0.15, -0.1) is 0 Å². The second-order valence-corrected chi connectivity index (χ2v) is 26.9. The number of amides is 1. The molecule has 0 bridgehead atoms. The van der Waals surface area contributed by atoms with E-state index in [-0.39, 0.29) is 31.5 Å². The van der Waals surface area contributed by atoms with Gasteiger partial charge in [-0.2, -0.15) is 0 Å². The molecule has 0 fully saturated rings. The largest absolute Gasteiger partial charge is 0.472 e. The maximum atomic E-state index is 13.6. The summed E-state index contributed by atoms with van der Waals surface area (Å²) in [6, 6.07) is -0.859. The van der Waals surface area contributed by atoms with Crippen molar-refractivity contribution < 1.29 is 37.3 Å². The number of allylic oxidation sites excluding steroid dienone is 15. The summed E-state index contributed by atoms with van der Waals surface area (Å²) in [4.78, 5) is 37.9. The second-order valence-electron chi connectivity index (χ2n) is 25.4. The van der Waals surface area contributed by atoms with Gasteiger partial charge in [-0.3, -0.25) is 18.6 Å². The average molecular weight is 1220 g/mol. The van der Waals surface area contributed by atoms with Crippen molar-refractivity contribution in [2.45, 2.75) is 335 Å². The fourth-order valence-corrected chi connectivity index (χ4v) is 10.9. The maximum Gasteiger partial charge on any atom is 0.472 e. The smallest absolute Gasteiger partial charge is 0.456 e. The molecule has 3 atom stereocenters. The van der Waals surface area contributed by atoms with Crippen LogP contribution in [0.3, 0.4) is 0 Å². The summed E-state index contributed by atoms with van der Waals surface area (Å²) in [6.45, 7) is 6.97. The first-order chi connectivity index (χ1) is 41.9. The Bertz CT molecular complexity index is 1790. The van der Waals surface area contributed by atoms with Gasteiger partial charge in [0.15, 0.2) is 0 Å². The molecule has 0 saturated heterocycles. The Kier molecular flexibility index (Phi) is 62.6. The quantitative estimate of drug-likeness (QED) is 0.0205. The van der Waals surface area contributed by atoms with Crippen molar-refractivity contribution in [1.29, 1.82) is 0 Å². The van der Waals surface area contributed by atoms with Crippen LogP contribution < -0.4 is 5.32 Å². The highest BCUT2D eigenvalue weighted by Gasteiger charge is 2.30. The molecule has 0 rings (SSSR count). The lowest BCUT2D eigenvalue weighted by atomic mass is 10.0. The number of carbonyl (C=O) groups excluding carboxylic acids is 2. The molecule has 0 aromatic rings. The van der Waals surface area contributed by atoms with Crippen LogP contribution in [-0.2, 0) is 27.9 Å². The van der Waals surface area contributed by atoms with Crippen molar-refractivity contribution >= 4 is 19.7 Å². The molecule has 498 valence electrons. The SMILES string of the molecule is CCCCC/C=C\C/C=C\C/C=C\C/C=C\CCCCCCCCCCCC(=O)OC(/C=C/CCCCCCCCCCCC)C(COP(=O)(O)OCC[N+](C)(C)C)NC(=O)CCCCCCCCCCCC/C=C\C/C=C\C/C=C\CCCCC.